The fourth-order valence-electron chi connectivity index (χ4n) is 4.28. The van der Waals surface area contributed by atoms with Gasteiger partial charge in [0, 0.05) is 18.3 Å². The van der Waals surface area contributed by atoms with Crippen LogP contribution in [0.1, 0.15) is 63.1 Å². The lowest BCUT2D eigenvalue weighted by Crippen LogP contribution is -2.50. The largest absolute Gasteiger partial charge is 0.377 e. The molecule has 4 rings (SSSR count). The maximum atomic E-state index is 12.8. The highest BCUT2D eigenvalue weighted by Gasteiger charge is 2.33. The van der Waals surface area contributed by atoms with Crippen molar-refractivity contribution in [2.75, 3.05) is 25.1 Å². The predicted molar refractivity (Wildman–Crippen MR) is 96.8 cm³/mol. The Kier molecular flexibility index (Phi) is 4.97. The molecular weight excluding hydrogens is 316 g/mol. The Labute approximate surface area is 149 Å². The van der Waals surface area contributed by atoms with Crippen molar-refractivity contribution in [2.45, 2.75) is 70.4 Å². The number of carbonyl (C=O) groups is 1. The Morgan fingerprint density at radius 2 is 2.08 bits per heavy atom. The summed E-state index contributed by atoms with van der Waals surface area (Å²) in [5.41, 5.74) is 1.14. The van der Waals surface area contributed by atoms with Crippen molar-refractivity contribution < 1.29 is 9.53 Å². The number of morpholine rings is 1. The third kappa shape index (κ3) is 4.00. The molecule has 2 amide bonds. The Bertz CT molecular complexity index is 605. The van der Waals surface area contributed by atoms with Crippen molar-refractivity contribution in [3.05, 3.63) is 11.8 Å². The first-order valence-corrected chi connectivity index (χ1v) is 9.92. The van der Waals surface area contributed by atoms with Gasteiger partial charge >= 0.3 is 6.03 Å². The second-order valence-corrected chi connectivity index (χ2v) is 7.94. The molecule has 1 aromatic heterocycles. The van der Waals surface area contributed by atoms with Crippen LogP contribution in [0.5, 0.6) is 0 Å². The van der Waals surface area contributed by atoms with E-state index in [1.165, 1.54) is 44.9 Å². The van der Waals surface area contributed by atoms with Gasteiger partial charge in [-0.25, -0.2) is 4.79 Å². The van der Waals surface area contributed by atoms with Crippen LogP contribution in [-0.4, -0.2) is 46.5 Å². The average Bonchev–Trinajstić information content (AvgIpc) is 3.37. The van der Waals surface area contributed by atoms with Gasteiger partial charge in [0.15, 0.2) is 5.82 Å². The molecule has 2 heterocycles. The van der Waals surface area contributed by atoms with Gasteiger partial charge in [-0.05, 0) is 32.1 Å². The average molecular weight is 346 g/mol. The summed E-state index contributed by atoms with van der Waals surface area (Å²) in [6, 6.07) is 2.68. The summed E-state index contributed by atoms with van der Waals surface area (Å²) in [5, 5.41) is 7.73. The number of ether oxygens (including phenoxy) is 1. The molecule has 2 aliphatic carbocycles. The Balaban J connectivity index is 1.41. The van der Waals surface area contributed by atoms with Gasteiger partial charge in [0.2, 0.25) is 0 Å². The minimum absolute atomic E-state index is 0.0257. The second kappa shape index (κ2) is 7.36. The molecule has 6 nitrogen and oxygen atoms in total. The summed E-state index contributed by atoms with van der Waals surface area (Å²) in [4.78, 5) is 14.7. The number of amides is 2. The number of aromatic nitrogens is 2. The standard InChI is InChI=1S/C19H30N4O2/c1-14-11-18(21-23(14)16-5-3-2-4-6-16)20-19(24)22-9-10-25-13-17(22)12-15-7-8-15/h11,15-17H,2-10,12-13H2,1H3,(H,20,21,24). The lowest BCUT2D eigenvalue weighted by Gasteiger charge is -2.35. The number of hydrogen-bond acceptors (Lipinski definition) is 3. The van der Waals surface area contributed by atoms with Crippen LogP contribution in [0.15, 0.2) is 6.07 Å². The van der Waals surface area contributed by atoms with Crippen molar-refractivity contribution in [1.82, 2.24) is 14.7 Å². The first kappa shape index (κ1) is 16.9. The minimum atomic E-state index is -0.0257. The Morgan fingerprint density at radius 1 is 1.28 bits per heavy atom. The van der Waals surface area contributed by atoms with E-state index in [4.69, 9.17) is 9.84 Å². The lowest BCUT2D eigenvalue weighted by atomic mass is 9.95. The molecule has 1 unspecified atom stereocenters. The molecule has 3 fully saturated rings. The van der Waals surface area contributed by atoms with Crippen LogP contribution in [0.3, 0.4) is 0 Å². The Morgan fingerprint density at radius 3 is 2.84 bits per heavy atom. The molecule has 1 aliphatic heterocycles. The van der Waals surface area contributed by atoms with Gasteiger partial charge in [0.25, 0.3) is 0 Å². The highest BCUT2D eigenvalue weighted by atomic mass is 16.5. The van der Waals surface area contributed by atoms with Crippen LogP contribution < -0.4 is 5.32 Å². The zero-order valence-corrected chi connectivity index (χ0v) is 15.2. The van der Waals surface area contributed by atoms with E-state index in [2.05, 4.69) is 16.9 Å². The number of hydrogen-bond donors (Lipinski definition) is 1. The number of nitrogens with one attached hydrogen (secondary N) is 1. The molecule has 0 aromatic carbocycles. The maximum Gasteiger partial charge on any atom is 0.323 e. The van der Waals surface area contributed by atoms with E-state index in [1.54, 1.807) is 0 Å². The van der Waals surface area contributed by atoms with Crippen molar-refractivity contribution >= 4 is 11.8 Å². The lowest BCUT2D eigenvalue weighted by molar-refractivity contribution is 0.0108. The molecular formula is C19H30N4O2. The van der Waals surface area contributed by atoms with Crippen LogP contribution in [0.25, 0.3) is 0 Å². The number of nitrogens with zero attached hydrogens (tertiary/aromatic N) is 3. The molecule has 3 aliphatic rings. The highest BCUT2D eigenvalue weighted by Crippen LogP contribution is 2.35. The number of anilines is 1. The number of rotatable bonds is 4. The molecule has 1 atom stereocenters. The summed E-state index contributed by atoms with van der Waals surface area (Å²) < 4.78 is 7.72. The summed E-state index contributed by atoms with van der Waals surface area (Å²) in [7, 11) is 0. The number of aryl methyl sites for hydroxylation is 1. The molecule has 0 radical (unpaired) electrons. The van der Waals surface area contributed by atoms with Gasteiger partial charge in [-0.1, -0.05) is 32.1 Å². The van der Waals surface area contributed by atoms with E-state index >= 15 is 0 Å². The summed E-state index contributed by atoms with van der Waals surface area (Å²) >= 11 is 0. The van der Waals surface area contributed by atoms with E-state index in [0.29, 0.717) is 31.6 Å². The third-order valence-electron chi connectivity index (χ3n) is 5.87. The SMILES string of the molecule is Cc1cc(NC(=O)N2CCOCC2CC2CC2)nn1C1CCCCC1. The van der Waals surface area contributed by atoms with Crippen LogP contribution in [0.4, 0.5) is 10.6 Å². The molecule has 1 saturated heterocycles. The topological polar surface area (TPSA) is 59.4 Å². The molecule has 138 valence electrons. The monoisotopic (exact) mass is 346 g/mol. The second-order valence-electron chi connectivity index (χ2n) is 7.94. The molecule has 0 bridgehead atoms. The minimum Gasteiger partial charge on any atom is -0.377 e. The van der Waals surface area contributed by atoms with E-state index in [9.17, 15) is 4.79 Å². The van der Waals surface area contributed by atoms with E-state index in [0.717, 1.165) is 18.0 Å². The van der Waals surface area contributed by atoms with E-state index in [1.807, 2.05) is 11.0 Å². The highest BCUT2D eigenvalue weighted by molar-refractivity contribution is 5.88. The fourth-order valence-corrected chi connectivity index (χ4v) is 4.28. The van der Waals surface area contributed by atoms with Gasteiger partial charge in [0.1, 0.15) is 0 Å². The van der Waals surface area contributed by atoms with Crippen molar-refractivity contribution in [3.63, 3.8) is 0 Å². The first-order valence-electron chi connectivity index (χ1n) is 9.92. The smallest absolute Gasteiger partial charge is 0.323 e. The quantitative estimate of drug-likeness (QED) is 0.904. The Hall–Kier alpha value is -1.56. The van der Waals surface area contributed by atoms with Gasteiger partial charge in [-0.15, -0.1) is 0 Å². The molecule has 0 spiro atoms. The van der Waals surface area contributed by atoms with Crippen LogP contribution in [0, 0.1) is 12.8 Å². The molecule has 2 saturated carbocycles. The van der Waals surface area contributed by atoms with Gasteiger partial charge in [-0.3, -0.25) is 10.00 Å². The summed E-state index contributed by atoms with van der Waals surface area (Å²) in [6.07, 6.45) is 9.97. The maximum absolute atomic E-state index is 12.8. The van der Waals surface area contributed by atoms with Gasteiger partial charge in [-0.2, -0.15) is 5.10 Å². The van der Waals surface area contributed by atoms with Crippen molar-refractivity contribution in [1.29, 1.82) is 0 Å². The zero-order valence-electron chi connectivity index (χ0n) is 15.2. The zero-order chi connectivity index (χ0) is 17.2. The third-order valence-corrected chi connectivity index (χ3v) is 5.87. The first-order chi connectivity index (χ1) is 12.2. The summed E-state index contributed by atoms with van der Waals surface area (Å²) in [5.74, 6) is 1.47. The van der Waals surface area contributed by atoms with E-state index < -0.39 is 0 Å². The molecule has 1 N–H and O–H groups in total. The van der Waals surface area contributed by atoms with Crippen molar-refractivity contribution in [3.8, 4) is 0 Å². The van der Waals surface area contributed by atoms with Crippen LogP contribution in [-0.2, 0) is 4.74 Å². The molecule has 6 heteroatoms. The van der Waals surface area contributed by atoms with Crippen molar-refractivity contribution in [2.24, 2.45) is 5.92 Å². The number of urea groups is 1. The van der Waals surface area contributed by atoms with Crippen LogP contribution in [0.2, 0.25) is 0 Å². The molecule has 1 aromatic rings. The normalized spacial score (nSPS) is 25.2. The van der Waals surface area contributed by atoms with Gasteiger partial charge in [0.05, 0.1) is 25.3 Å². The number of carbonyl (C=O) groups excluding carboxylic acids is 1. The fraction of sp³-hybridized carbons (Fsp3) is 0.789. The van der Waals surface area contributed by atoms with E-state index in [-0.39, 0.29) is 12.1 Å². The predicted octanol–water partition coefficient (Wildman–Crippen LogP) is 3.73. The summed E-state index contributed by atoms with van der Waals surface area (Å²) in [6.45, 7) is 4.05. The van der Waals surface area contributed by atoms with Gasteiger partial charge < -0.3 is 9.64 Å². The molecule has 25 heavy (non-hydrogen) atoms. The van der Waals surface area contributed by atoms with Crippen LogP contribution >= 0.6 is 0 Å².